The Morgan fingerprint density at radius 2 is 1.51 bits per heavy atom. The Morgan fingerprint density at radius 1 is 1.00 bits per heavy atom. The zero-order valence-corrected chi connectivity index (χ0v) is 18.5. The lowest BCUT2D eigenvalue weighted by Crippen LogP contribution is -2.29. The highest BCUT2D eigenvalue weighted by atomic mass is 32.2. The maximum Gasteiger partial charge on any atom is 0.389 e. The average molecular weight is 532 g/mol. The molecule has 0 spiro atoms. The van der Waals surface area contributed by atoms with Crippen molar-refractivity contribution in [2.75, 3.05) is 17.9 Å². The van der Waals surface area contributed by atoms with E-state index in [4.69, 9.17) is 15.4 Å². The number of carboxylic acid groups (broad SMARTS) is 1. The Bertz CT molecular complexity index is 1260. The van der Waals surface area contributed by atoms with E-state index in [2.05, 4.69) is 0 Å². The topological polar surface area (TPSA) is 110 Å². The number of hydrogen-bond acceptors (Lipinski definition) is 5. The van der Waals surface area contributed by atoms with Crippen LogP contribution in [0.15, 0.2) is 47.4 Å². The van der Waals surface area contributed by atoms with Gasteiger partial charge in [-0.15, -0.1) is 0 Å². The first-order valence-electron chi connectivity index (χ1n) is 11.6. The first kappa shape index (κ1) is 22.5. The smallest absolute Gasteiger partial charge is 0.389 e. The molecule has 3 N–H and O–H groups in total. The number of anilines is 1. The molecule has 2 aromatic carbocycles. The Labute approximate surface area is 202 Å². The van der Waals surface area contributed by atoms with Crippen molar-refractivity contribution in [3.63, 3.8) is 0 Å². The van der Waals surface area contributed by atoms with Gasteiger partial charge in [0, 0.05) is 31.3 Å². The molecule has 0 atom stereocenters. The Morgan fingerprint density at radius 3 is 1.94 bits per heavy atom. The second-order valence-electron chi connectivity index (χ2n) is 6.97. The second-order valence-corrected chi connectivity index (χ2v) is 8.50. The number of halogens is 6. The maximum absolute atomic E-state index is 13.0. The molecule has 0 aliphatic heterocycles. The fraction of sp³-hybridized carbons (Fsp3) is 0.381. The van der Waals surface area contributed by atoms with Crippen LogP contribution in [0.25, 0.3) is 0 Å². The van der Waals surface area contributed by atoms with Crippen molar-refractivity contribution < 1.29 is 54.9 Å². The van der Waals surface area contributed by atoms with Gasteiger partial charge in [0.15, 0.2) is 5.75 Å². The number of rotatable bonds is 11. The molecule has 0 aliphatic rings. The number of para-hydroxylation sites is 1. The zero-order valence-electron chi connectivity index (χ0n) is 21.7. The summed E-state index contributed by atoms with van der Waals surface area (Å²) >= 11 is 0. The Hall–Kier alpha value is -3.00. The molecule has 14 heteroatoms. The summed E-state index contributed by atoms with van der Waals surface area (Å²) in [4.78, 5) is 10.5. The van der Waals surface area contributed by atoms with E-state index in [1.165, 1.54) is 30.3 Å². The number of sulfonamides is 1. The molecule has 0 bridgehead atoms. The number of ether oxygens (including phenoxy) is 1. The Balaban J connectivity index is 2.96. The number of primary sulfonamides is 1. The molecule has 0 amide bonds. The molecule has 0 heterocycles. The standard InChI is InChI=1S/C21H22F6N2O5S/c22-20(23,24)8-4-10-29(11-5-9-21(25,26)27)16-12-14(19(30)31)13-17(35(28,32)33)18(16)34-15-6-2-1-3-7-15/h1-3,6-7,12-13H,4-5,8-11H2,(H,30,31)(H2,28,32,33)/i10D2,11D2. The van der Waals surface area contributed by atoms with Gasteiger partial charge in [-0.1, -0.05) is 18.2 Å². The van der Waals surface area contributed by atoms with Crippen molar-refractivity contribution in [2.45, 2.75) is 42.9 Å². The summed E-state index contributed by atoms with van der Waals surface area (Å²) in [5, 5.41) is 14.7. The van der Waals surface area contributed by atoms with E-state index in [0.29, 0.717) is 12.1 Å². The summed E-state index contributed by atoms with van der Waals surface area (Å²) in [6.07, 6.45) is -16.7. The monoisotopic (exact) mass is 532 g/mol. The van der Waals surface area contributed by atoms with Gasteiger partial charge in [0.05, 0.1) is 11.3 Å². The van der Waals surface area contributed by atoms with Gasteiger partial charge in [-0.3, -0.25) is 0 Å². The summed E-state index contributed by atoms with van der Waals surface area (Å²) in [6, 6.07) is 7.71. The minimum Gasteiger partial charge on any atom is -0.478 e. The fourth-order valence-corrected chi connectivity index (χ4v) is 3.34. The summed E-state index contributed by atoms with van der Waals surface area (Å²) in [5.74, 6) is -3.04. The van der Waals surface area contributed by atoms with Crippen molar-refractivity contribution in [2.24, 2.45) is 5.14 Å². The second kappa shape index (κ2) is 11.2. The zero-order chi connectivity index (χ0) is 30.0. The normalized spacial score (nSPS) is 14.9. The van der Waals surface area contributed by atoms with Crippen LogP contribution in [0.2, 0.25) is 0 Å². The van der Waals surface area contributed by atoms with E-state index < -0.39 is 88.9 Å². The van der Waals surface area contributed by atoms with Gasteiger partial charge in [-0.05, 0) is 37.1 Å². The Kier molecular flexibility index (Phi) is 7.16. The molecule has 0 aliphatic carbocycles. The first-order chi connectivity index (χ1) is 17.5. The van der Waals surface area contributed by atoms with Crippen LogP contribution in [0.4, 0.5) is 32.0 Å². The minimum absolute atomic E-state index is 0.170. The van der Waals surface area contributed by atoms with Gasteiger partial charge in [0.25, 0.3) is 0 Å². The molecule has 0 saturated heterocycles. The van der Waals surface area contributed by atoms with Gasteiger partial charge in [0.2, 0.25) is 10.0 Å². The number of aromatic carboxylic acids is 1. The maximum atomic E-state index is 13.0. The molecule has 35 heavy (non-hydrogen) atoms. The van der Waals surface area contributed by atoms with Gasteiger partial charge in [-0.25, -0.2) is 18.4 Å². The largest absolute Gasteiger partial charge is 0.478 e. The number of carboxylic acids is 1. The number of nitrogens with two attached hydrogens (primary N) is 1. The lowest BCUT2D eigenvalue weighted by Gasteiger charge is -2.28. The van der Waals surface area contributed by atoms with Crippen LogP contribution in [0.5, 0.6) is 11.5 Å². The molecule has 2 aromatic rings. The van der Waals surface area contributed by atoms with Crippen molar-refractivity contribution in [3.8, 4) is 11.5 Å². The fourth-order valence-electron chi connectivity index (χ4n) is 2.64. The van der Waals surface area contributed by atoms with E-state index in [9.17, 15) is 44.7 Å². The van der Waals surface area contributed by atoms with E-state index in [-0.39, 0.29) is 10.6 Å². The number of benzene rings is 2. The highest BCUT2D eigenvalue weighted by molar-refractivity contribution is 7.89. The lowest BCUT2D eigenvalue weighted by molar-refractivity contribution is -0.135. The van der Waals surface area contributed by atoms with E-state index in [1.807, 2.05) is 0 Å². The van der Waals surface area contributed by atoms with Crippen molar-refractivity contribution in [1.82, 2.24) is 0 Å². The summed E-state index contributed by atoms with van der Waals surface area (Å²) in [7, 11) is -4.95. The number of nitrogens with zero attached hydrogens (tertiary/aromatic N) is 1. The van der Waals surface area contributed by atoms with Crippen LogP contribution in [0.1, 0.15) is 41.5 Å². The molecular formula is C21H22F6N2O5S. The van der Waals surface area contributed by atoms with Crippen LogP contribution >= 0.6 is 0 Å². The molecule has 0 radical (unpaired) electrons. The van der Waals surface area contributed by atoms with Crippen LogP contribution in [-0.2, 0) is 10.0 Å². The van der Waals surface area contributed by atoms with Gasteiger partial charge in [0.1, 0.15) is 10.6 Å². The third kappa shape index (κ3) is 9.28. The number of hydrogen-bond donors (Lipinski definition) is 2. The highest BCUT2D eigenvalue weighted by Crippen LogP contribution is 2.40. The van der Waals surface area contributed by atoms with E-state index in [0.717, 1.165) is 0 Å². The number of carbonyl (C=O) groups is 1. The third-order valence-corrected chi connectivity index (χ3v) is 5.07. The van der Waals surface area contributed by atoms with E-state index in [1.54, 1.807) is 0 Å². The molecular weight excluding hydrogens is 506 g/mol. The molecule has 0 saturated carbocycles. The quantitative estimate of drug-likeness (QED) is 0.380. The van der Waals surface area contributed by atoms with Crippen LogP contribution in [0.3, 0.4) is 0 Å². The van der Waals surface area contributed by atoms with Gasteiger partial charge >= 0.3 is 18.3 Å². The van der Waals surface area contributed by atoms with Gasteiger partial charge in [-0.2, -0.15) is 26.3 Å². The summed E-state index contributed by atoms with van der Waals surface area (Å²) in [6.45, 7) is -6.93. The van der Waals surface area contributed by atoms with Gasteiger partial charge < -0.3 is 14.7 Å². The predicted octanol–water partition coefficient (Wildman–Crippen LogP) is 5.32. The van der Waals surface area contributed by atoms with Crippen molar-refractivity contribution in [1.29, 1.82) is 0 Å². The lowest BCUT2D eigenvalue weighted by atomic mass is 10.1. The molecule has 0 fully saturated rings. The SMILES string of the molecule is [2H]C([2H])(CCC(F)(F)F)N(c1cc(C(=O)O)cc(S(N)(=O)=O)c1Oc1ccccc1)C([2H])([2H])CCC(F)(F)F. The minimum atomic E-state index is -4.98. The summed E-state index contributed by atoms with van der Waals surface area (Å²) < 4.78 is 141. The van der Waals surface area contributed by atoms with Crippen LogP contribution in [-0.4, -0.2) is 44.8 Å². The molecule has 7 nitrogen and oxygen atoms in total. The predicted molar refractivity (Wildman–Crippen MR) is 114 cm³/mol. The average Bonchev–Trinajstić information content (AvgIpc) is 2.76. The third-order valence-electron chi connectivity index (χ3n) is 4.15. The first-order valence-corrected chi connectivity index (χ1v) is 11.2. The molecule has 194 valence electrons. The molecule has 2 rings (SSSR count). The van der Waals surface area contributed by atoms with Crippen LogP contribution < -0.4 is 14.8 Å². The summed E-state index contributed by atoms with van der Waals surface area (Å²) in [5.41, 5.74) is -2.04. The van der Waals surface area contributed by atoms with E-state index >= 15 is 0 Å². The highest BCUT2D eigenvalue weighted by Gasteiger charge is 2.31. The number of alkyl halides is 6. The molecule has 0 unspecified atom stereocenters. The van der Waals surface area contributed by atoms with Crippen molar-refractivity contribution >= 4 is 21.7 Å². The van der Waals surface area contributed by atoms with Crippen molar-refractivity contribution in [3.05, 3.63) is 48.0 Å². The molecule has 0 aromatic heterocycles. The van der Waals surface area contributed by atoms with Crippen LogP contribution in [0, 0.1) is 0 Å².